The molecule has 0 saturated carbocycles. The minimum Gasteiger partial charge on any atom is -0.493 e. The zero-order chi connectivity index (χ0) is 17.3. The second-order valence-corrected chi connectivity index (χ2v) is 6.96. The molecular weight excluding hydrogens is 449 g/mol. The summed E-state index contributed by atoms with van der Waals surface area (Å²) < 4.78 is 37.3. The summed E-state index contributed by atoms with van der Waals surface area (Å²) in [5, 5.41) is 2.92. The van der Waals surface area contributed by atoms with E-state index >= 15 is 0 Å². The summed E-state index contributed by atoms with van der Waals surface area (Å²) in [6.45, 7) is 0.775. The van der Waals surface area contributed by atoms with Crippen molar-refractivity contribution in [2.24, 2.45) is 10.7 Å². The fourth-order valence-electron chi connectivity index (χ4n) is 1.64. The van der Waals surface area contributed by atoms with E-state index in [0.717, 1.165) is 0 Å². The standard InChI is InChI=1S/C14H23N3O5S.HI/c1-20-12-5-4-11(10-13(12)21-2)17-14(15)16-6-7-22-8-9-23(3,18)19;/h4-5,10H,6-9H2,1-3H3,(H3,15,16,17);1H. The molecule has 0 radical (unpaired) electrons. The Kier molecular flexibility index (Phi) is 10.7. The number of hydrogen-bond acceptors (Lipinski definition) is 6. The third kappa shape index (κ3) is 9.13. The van der Waals surface area contributed by atoms with E-state index in [1.54, 1.807) is 32.4 Å². The first kappa shape index (κ1) is 22.7. The van der Waals surface area contributed by atoms with E-state index in [4.69, 9.17) is 19.9 Å². The lowest BCUT2D eigenvalue weighted by Crippen LogP contribution is -2.23. The highest BCUT2D eigenvalue weighted by Gasteiger charge is 2.05. The molecule has 3 N–H and O–H groups in total. The summed E-state index contributed by atoms with van der Waals surface area (Å²) in [4.78, 5) is 4.09. The van der Waals surface area contributed by atoms with Gasteiger partial charge < -0.3 is 25.3 Å². The van der Waals surface area contributed by atoms with Gasteiger partial charge in [-0.1, -0.05) is 0 Å². The van der Waals surface area contributed by atoms with Crippen LogP contribution >= 0.6 is 24.0 Å². The Morgan fingerprint density at radius 3 is 2.46 bits per heavy atom. The molecule has 0 saturated heterocycles. The first-order chi connectivity index (χ1) is 10.9. The van der Waals surface area contributed by atoms with E-state index in [-0.39, 0.29) is 42.3 Å². The van der Waals surface area contributed by atoms with E-state index in [2.05, 4.69) is 10.3 Å². The van der Waals surface area contributed by atoms with Crippen LogP contribution in [0, 0.1) is 0 Å². The van der Waals surface area contributed by atoms with Gasteiger partial charge in [-0.15, -0.1) is 24.0 Å². The Labute approximate surface area is 159 Å². The van der Waals surface area contributed by atoms with E-state index in [1.807, 2.05) is 0 Å². The molecule has 0 unspecified atom stereocenters. The monoisotopic (exact) mass is 473 g/mol. The van der Waals surface area contributed by atoms with Gasteiger partial charge in [0.25, 0.3) is 0 Å². The van der Waals surface area contributed by atoms with Crippen molar-refractivity contribution < 1.29 is 22.6 Å². The molecule has 138 valence electrons. The van der Waals surface area contributed by atoms with Crippen LogP contribution in [0.15, 0.2) is 23.2 Å². The third-order valence-electron chi connectivity index (χ3n) is 2.77. The number of aliphatic imine (C=N–C) groups is 1. The molecule has 0 bridgehead atoms. The Bertz CT molecular complexity index is 637. The zero-order valence-corrected chi connectivity index (χ0v) is 17.1. The van der Waals surface area contributed by atoms with Crippen LogP contribution < -0.4 is 20.5 Å². The third-order valence-corrected chi connectivity index (χ3v) is 3.68. The van der Waals surface area contributed by atoms with Gasteiger partial charge in [-0.25, -0.2) is 8.42 Å². The van der Waals surface area contributed by atoms with E-state index in [9.17, 15) is 8.42 Å². The van der Waals surface area contributed by atoms with Crippen LogP contribution in [0.4, 0.5) is 5.69 Å². The number of guanidine groups is 1. The van der Waals surface area contributed by atoms with Crippen molar-refractivity contribution in [2.75, 3.05) is 51.3 Å². The fourth-order valence-corrected chi connectivity index (χ4v) is 2.06. The Balaban J connectivity index is 0.00000529. The van der Waals surface area contributed by atoms with E-state index in [1.165, 1.54) is 6.26 Å². The van der Waals surface area contributed by atoms with Gasteiger partial charge in [0.15, 0.2) is 17.5 Å². The van der Waals surface area contributed by atoms with Gasteiger partial charge in [0, 0.05) is 18.0 Å². The molecule has 0 heterocycles. The van der Waals surface area contributed by atoms with Crippen molar-refractivity contribution in [3.63, 3.8) is 0 Å². The molecule has 10 heteroatoms. The Hall–Kier alpha value is -1.27. The van der Waals surface area contributed by atoms with E-state index in [0.29, 0.717) is 30.3 Å². The predicted molar refractivity (Wildman–Crippen MR) is 106 cm³/mol. The molecule has 0 aliphatic heterocycles. The van der Waals surface area contributed by atoms with Crippen molar-refractivity contribution in [3.05, 3.63) is 18.2 Å². The number of hydrogen-bond donors (Lipinski definition) is 2. The predicted octanol–water partition coefficient (Wildman–Crippen LogP) is 1.11. The smallest absolute Gasteiger partial charge is 0.193 e. The number of methoxy groups -OCH3 is 2. The lowest BCUT2D eigenvalue weighted by Gasteiger charge is -2.11. The minimum atomic E-state index is -3.00. The Morgan fingerprint density at radius 2 is 1.88 bits per heavy atom. The molecule has 1 aromatic carbocycles. The van der Waals surface area contributed by atoms with Crippen LogP contribution in [0.1, 0.15) is 0 Å². The number of benzene rings is 1. The summed E-state index contributed by atoms with van der Waals surface area (Å²) in [7, 11) is 0.108. The maximum absolute atomic E-state index is 10.9. The highest BCUT2D eigenvalue weighted by Crippen LogP contribution is 2.29. The lowest BCUT2D eigenvalue weighted by molar-refractivity contribution is 0.157. The van der Waals surface area contributed by atoms with Gasteiger partial charge in [0.2, 0.25) is 0 Å². The number of nitrogens with one attached hydrogen (secondary N) is 1. The van der Waals surface area contributed by atoms with Gasteiger partial charge in [0.1, 0.15) is 9.84 Å². The molecule has 0 aromatic heterocycles. The molecule has 24 heavy (non-hydrogen) atoms. The number of ether oxygens (including phenoxy) is 3. The molecule has 0 aliphatic carbocycles. The first-order valence-corrected chi connectivity index (χ1v) is 8.96. The van der Waals surface area contributed by atoms with Crippen LogP contribution in [-0.4, -0.2) is 60.4 Å². The first-order valence-electron chi connectivity index (χ1n) is 6.90. The highest BCUT2D eigenvalue weighted by atomic mass is 127. The molecule has 0 atom stereocenters. The number of nitrogens with zero attached hydrogens (tertiary/aromatic N) is 1. The van der Waals surface area contributed by atoms with Crippen molar-refractivity contribution in [2.45, 2.75) is 0 Å². The highest BCUT2D eigenvalue weighted by molar-refractivity contribution is 14.0. The van der Waals surface area contributed by atoms with Crippen molar-refractivity contribution in [3.8, 4) is 11.5 Å². The molecule has 1 rings (SSSR count). The van der Waals surface area contributed by atoms with Gasteiger partial charge in [-0.2, -0.15) is 0 Å². The average Bonchev–Trinajstić information content (AvgIpc) is 2.49. The quantitative estimate of drug-likeness (QED) is 0.239. The Morgan fingerprint density at radius 1 is 1.21 bits per heavy atom. The van der Waals surface area contributed by atoms with Gasteiger partial charge in [-0.3, -0.25) is 4.99 Å². The summed E-state index contributed by atoms with van der Waals surface area (Å²) in [6, 6.07) is 5.28. The maximum Gasteiger partial charge on any atom is 0.193 e. The summed E-state index contributed by atoms with van der Waals surface area (Å²) in [5.41, 5.74) is 6.48. The molecule has 1 aromatic rings. The number of sulfone groups is 1. The number of rotatable bonds is 9. The maximum atomic E-state index is 10.9. The van der Waals surface area contributed by atoms with Crippen LogP contribution in [-0.2, 0) is 14.6 Å². The molecule has 0 amide bonds. The topological polar surface area (TPSA) is 112 Å². The molecule has 0 fully saturated rings. The summed E-state index contributed by atoms with van der Waals surface area (Å²) >= 11 is 0. The van der Waals surface area contributed by atoms with E-state index < -0.39 is 9.84 Å². The average molecular weight is 473 g/mol. The second kappa shape index (κ2) is 11.3. The van der Waals surface area contributed by atoms with Crippen LogP contribution in [0.25, 0.3) is 0 Å². The lowest BCUT2D eigenvalue weighted by atomic mass is 10.3. The van der Waals surface area contributed by atoms with Crippen LogP contribution in [0.2, 0.25) is 0 Å². The summed E-state index contributed by atoms with van der Waals surface area (Å²) in [5.74, 6) is 1.42. The second-order valence-electron chi connectivity index (χ2n) is 4.70. The van der Waals surface area contributed by atoms with Gasteiger partial charge in [0.05, 0.1) is 39.7 Å². The molecular formula is C14H24IN3O5S. The normalized spacial score (nSPS) is 11.5. The largest absolute Gasteiger partial charge is 0.493 e. The number of halogens is 1. The SMILES string of the molecule is COc1ccc(NC(N)=NCCOCCS(C)(=O)=O)cc1OC.I. The van der Waals surface area contributed by atoms with Crippen LogP contribution in [0.5, 0.6) is 11.5 Å². The van der Waals surface area contributed by atoms with Crippen molar-refractivity contribution in [1.29, 1.82) is 0 Å². The van der Waals surface area contributed by atoms with Crippen molar-refractivity contribution >= 4 is 45.5 Å². The van der Waals surface area contributed by atoms with Gasteiger partial charge >= 0.3 is 0 Å². The molecule has 8 nitrogen and oxygen atoms in total. The summed E-state index contributed by atoms with van der Waals surface area (Å²) in [6.07, 6.45) is 1.17. The van der Waals surface area contributed by atoms with Crippen molar-refractivity contribution in [1.82, 2.24) is 0 Å². The number of anilines is 1. The zero-order valence-electron chi connectivity index (χ0n) is 13.9. The van der Waals surface area contributed by atoms with Crippen LogP contribution in [0.3, 0.4) is 0 Å². The fraction of sp³-hybridized carbons (Fsp3) is 0.500. The van der Waals surface area contributed by atoms with Gasteiger partial charge in [-0.05, 0) is 12.1 Å². The minimum absolute atomic E-state index is 0. The molecule has 0 spiro atoms. The molecule has 0 aliphatic rings. The number of nitrogens with two attached hydrogens (primary N) is 1.